The van der Waals surface area contributed by atoms with Crippen molar-refractivity contribution in [2.24, 2.45) is 17.6 Å². The summed E-state index contributed by atoms with van der Waals surface area (Å²) in [4.78, 5) is 72.1. The summed E-state index contributed by atoms with van der Waals surface area (Å²) in [5.41, 5.74) is 4.95. The zero-order valence-electron chi connectivity index (χ0n) is 24.4. The number of carbonyl (C=O) groups excluding carboxylic acids is 6. The third kappa shape index (κ3) is 10.9. The van der Waals surface area contributed by atoms with Crippen molar-refractivity contribution in [2.45, 2.75) is 64.1 Å². The molecule has 2 rings (SSSR count). The normalized spacial score (nSPS) is 19.2. The number of primary amides is 1. The average Bonchev–Trinajstić information content (AvgIpc) is 3.50. The Balaban J connectivity index is 2.00. The van der Waals surface area contributed by atoms with E-state index in [4.69, 9.17) is 5.73 Å². The number of hydrogen-bond donors (Lipinski definition) is 7. The summed E-state index contributed by atoms with van der Waals surface area (Å²) < 4.78 is 0. The van der Waals surface area contributed by atoms with Gasteiger partial charge in [-0.15, -0.1) is 0 Å². The molecule has 1 aromatic rings. The van der Waals surface area contributed by atoms with E-state index in [0.29, 0.717) is 43.3 Å². The fraction of sp³-hybridized carbons (Fsp3) is 0.467. The monoisotopic (exact) mass is 596 g/mol. The number of aldehydes is 1. The molecule has 0 spiro atoms. The van der Waals surface area contributed by atoms with Crippen LogP contribution in [-0.2, 0) is 30.6 Å². The minimum Gasteiger partial charge on any atom is -0.392 e. The van der Waals surface area contributed by atoms with Crippen LogP contribution >= 0.6 is 0 Å². The maximum atomic E-state index is 13.5. The van der Waals surface area contributed by atoms with Gasteiger partial charge < -0.3 is 37.4 Å². The Labute approximate surface area is 250 Å². The molecule has 3 atom stereocenters. The second-order valence-corrected chi connectivity index (χ2v) is 10.2. The van der Waals surface area contributed by atoms with Gasteiger partial charge in [0.15, 0.2) is 6.04 Å². The Hall–Kier alpha value is -4.70. The van der Waals surface area contributed by atoms with E-state index in [9.17, 15) is 33.9 Å². The van der Waals surface area contributed by atoms with E-state index in [-0.39, 0.29) is 49.6 Å². The van der Waals surface area contributed by atoms with Gasteiger partial charge in [0.05, 0.1) is 6.61 Å². The molecule has 0 aliphatic heterocycles. The summed E-state index contributed by atoms with van der Waals surface area (Å²) in [6.07, 6.45) is 4.96. The molecule has 8 N–H and O–H groups in total. The van der Waals surface area contributed by atoms with Crippen LogP contribution in [0.2, 0.25) is 0 Å². The largest absolute Gasteiger partial charge is 0.392 e. The molecule has 232 valence electrons. The molecule has 0 saturated heterocycles. The number of allylic oxidation sites excluding steroid dienone is 1. The molecule has 1 fully saturated rings. The van der Waals surface area contributed by atoms with Gasteiger partial charge in [-0.3, -0.25) is 24.0 Å². The lowest BCUT2D eigenvalue weighted by atomic mass is 10.1. The van der Waals surface area contributed by atoms with Crippen LogP contribution in [-0.4, -0.2) is 65.7 Å². The molecule has 1 aliphatic rings. The highest BCUT2D eigenvalue weighted by atomic mass is 16.3. The Morgan fingerprint density at radius 2 is 1.72 bits per heavy atom. The molecule has 0 bridgehead atoms. The van der Waals surface area contributed by atoms with Crippen molar-refractivity contribution in [3.63, 3.8) is 0 Å². The smallest absolute Gasteiger partial charge is 0.312 e. The zero-order valence-corrected chi connectivity index (χ0v) is 24.4. The maximum Gasteiger partial charge on any atom is 0.312 e. The summed E-state index contributed by atoms with van der Waals surface area (Å²) in [6, 6.07) is 4.54. The molecular formula is C30H40N6O7. The number of aliphatic hydroxyl groups is 1. The van der Waals surface area contributed by atoms with E-state index in [1.54, 1.807) is 24.3 Å². The standard InChI is InChI=1S/C30H40N6O7/c1-20-21(2)30(20,36-26(40)10-4-3-6-16-32-25(39)11-8-18-37)28(42)35-24(9-5-7-17-33-29(31)43)27(41)34-23-14-12-22(19-38)13-15-23/h8,11-15,18,20-21,24,38H,3-4,6-7,10,16-17,19H2,1-2H3,(H,32,39)(H,34,41)(H,35,42)(H,36,40)(H3,31,33,43)/b11-8-. The molecule has 13 heteroatoms. The van der Waals surface area contributed by atoms with E-state index < -0.39 is 29.4 Å². The summed E-state index contributed by atoms with van der Waals surface area (Å²) in [5, 5.41) is 22.5. The first-order chi connectivity index (χ1) is 20.5. The first kappa shape index (κ1) is 34.5. The van der Waals surface area contributed by atoms with Gasteiger partial charge in [-0.25, -0.2) is 4.79 Å². The number of benzene rings is 1. The molecule has 1 saturated carbocycles. The molecule has 0 radical (unpaired) electrons. The van der Waals surface area contributed by atoms with Crippen LogP contribution in [0, 0.1) is 23.7 Å². The molecular weight excluding hydrogens is 556 g/mol. The van der Waals surface area contributed by atoms with Crippen LogP contribution < -0.4 is 32.3 Å². The third-order valence-electron chi connectivity index (χ3n) is 7.24. The van der Waals surface area contributed by atoms with Crippen LogP contribution in [0.3, 0.4) is 0 Å². The summed E-state index contributed by atoms with van der Waals surface area (Å²) in [6.45, 7) is 4.08. The first-order valence-corrected chi connectivity index (χ1v) is 14.1. The predicted octanol–water partition coefficient (Wildman–Crippen LogP) is 0.237. The number of hydrogen-bond acceptors (Lipinski definition) is 7. The Morgan fingerprint density at radius 1 is 1.02 bits per heavy atom. The lowest BCUT2D eigenvalue weighted by Crippen LogP contribution is -2.55. The lowest BCUT2D eigenvalue weighted by molar-refractivity contribution is -0.132. The minimum absolute atomic E-state index is 0.151. The fourth-order valence-corrected chi connectivity index (χ4v) is 4.50. The molecule has 13 nitrogen and oxygen atoms in total. The van der Waals surface area contributed by atoms with Gasteiger partial charge in [0.25, 0.3) is 5.91 Å². The number of nitrogens with one attached hydrogen (secondary N) is 5. The van der Waals surface area contributed by atoms with E-state index in [0.717, 1.165) is 12.2 Å². The zero-order chi connectivity index (χ0) is 31.8. The molecule has 0 aromatic heterocycles. The Kier molecular flexibility index (Phi) is 13.9. The number of urea groups is 1. The van der Waals surface area contributed by atoms with Crippen LogP contribution in [0.25, 0.3) is 0 Å². The number of carbonyl (C=O) groups is 6. The fourth-order valence-electron chi connectivity index (χ4n) is 4.50. The van der Waals surface area contributed by atoms with E-state index in [2.05, 4.69) is 38.4 Å². The van der Waals surface area contributed by atoms with Crippen molar-refractivity contribution in [1.29, 1.82) is 0 Å². The lowest BCUT2D eigenvalue weighted by Gasteiger charge is -2.22. The number of nitrogens with two attached hydrogens (primary N) is 1. The van der Waals surface area contributed by atoms with Crippen LogP contribution in [0.4, 0.5) is 10.5 Å². The van der Waals surface area contributed by atoms with Crippen LogP contribution in [0.1, 0.15) is 51.5 Å². The highest BCUT2D eigenvalue weighted by Crippen LogP contribution is 2.50. The van der Waals surface area contributed by atoms with E-state index in [1.165, 1.54) is 0 Å². The van der Waals surface area contributed by atoms with Gasteiger partial charge in [0, 0.05) is 37.7 Å². The Morgan fingerprint density at radius 3 is 2.33 bits per heavy atom. The first-order valence-electron chi connectivity index (χ1n) is 14.1. The molecule has 0 heterocycles. The highest BCUT2D eigenvalue weighted by molar-refractivity contribution is 6.02. The summed E-state index contributed by atoms with van der Waals surface area (Å²) >= 11 is 0. The van der Waals surface area contributed by atoms with E-state index in [1.807, 2.05) is 13.8 Å². The number of aliphatic hydroxyl groups excluding tert-OH is 1. The number of anilines is 1. The molecule has 1 aromatic carbocycles. The average molecular weight is 597 g/mol. The van der Waals surface area contributed by atoms with Crippen molar-refractivity contribution < 1.29 is 33.9 Å². The van der Waals surface area contributed by atoms with Crippen molar-refractivity contribution in [1.82, 2.24) is 21.3 Å². The second kappa shape index (κ2) is 17.3. The molecule has 1 aliphatic carbocycles. The number of rotatable bonds is 16. The van der Waals surface area contributed by atoms with Crippen LogP contribution in [0.15, 0.2) is 36.4 Å². The summed E-state index contributed by atoms with van der Waals surface area (Å²) in [7, 11) is 0. The number of amides is 6. The van der Waals surface area contributed by atoms with Crippen LogP contribution in [0.5, 0.6) is 0 Å². The van der Waals surface area contributed by atoms with Gasteiger partial charge in [0.2, 0.25) is 17.7 Å². The van der Waals surface area contributed by atoms with Gasteiger partial charge >= 0.3 is 6.03 Å². The van der Waals surface area contributed by atoms with Gasteiger partial charge in [-0.2, -0.15) is 0 Å². The van der Waals surface area contributed by atoms with E-state index >= 15 is 0 Å². The van der Waals surface area contributed by atoms with Crippen molar-refractivity contribution in [2.75, 3.05) is 18.4 Å². The van der Waals surface area contributed by atoms with Gasteiger partial charge in [0.1, 0.15) is 11.8 Å². The summed E-state index contributed by atoms with van der Waals surface area (Å²) in [5.74, 6) is 3.32. The molecule has 6 amide bonds. The SMILES string of the molecule is CC1C(C)C1(NC(=O)CCCCCNC(=O)/C=C\C=O)C(=O)NC(C#CCCNC(N)=O)C(=O)Nc1ccc(CO)cc1. The maximum absolute atomic E-state index is 13.5. The second-order valence-electron chi connectivity index (χ2n) is 10.2. The minimum atomic E-state index is -1.26. The highest BCUT2D eigenvalue weighted by Gasteiger charge is 2.65. The predicted molar refractivity (Wildman–Crippen MR) is 159 cm³/mol. The topological polar surface area (TPSA) is 209 Å². The van der Waals surface area contributed by atoms with Crippen molar-refractivity contribution in [3.05, 3.63) is 42.0 Å². The number of unbranched alkanes of at least 4 members (excludes halogenated alkanes) is 2. The van der Waals surface area contributed by atoms with Gasteiger partial charge in [-0.1, -0.05) is 44.2 Å². The van der Waals surface area contributed by atoms with Gasteiger partial charge in [-0.05, 0) is 48.4 Å². The quantitative estimate of drug-likeness (QED) is 0.0611. The van der Waals surface area contributed by atoms with Crippen molar-refractivity contribution in [3.8, 4) is 11.8 Å². The Bertz CT molecular complexity index is 1240. The third-order valence-corrected chi connectivity index (χ3v) is 7.24. The molecule has 3 unspecified atom stereocenters. The van der Waals surface area contributed by atoms with Crippen molar-refractivity contribution >= 4 is 41.6 Å². The molecule has 43 heavy (non-hydrogen) atoms.